The van der Waals surface area contributed by atoms with E-state index < -0.39 is 0 Å². The van der Waals surface area contributed by atoms with Gasteiger partial charge in [-0.3, -0.25) is 4.79 Å². The smallest absolute Gasteiger partial charge is 0.224 e. The molecule has 1 aromatic carbocycles. The number of amides is 1. The maximum Gasteiger partial charge on any atom is 0.224 e. The van der Waals surface area contributed by atoms with Gasteiger partial charge in [-0.05, 0) is 36.5 Å². The molecule has 2 aromatic heterocycles. The Morgan fingerprint density at radius 3 is 2.63 bits per heavy atom. The molecule has 0 spiro atoms. The van der Waals surface area contributed by atoms with Gasteiger partial charge in [0.25, 0.3) is 0 Å². The fraction of sp³-hybridized carbons (Fsp3) is 0.250. The number of aryl methyl sites for hydroxylation is 2. The lowest BCUT2D eigenvalue weighted by atomic mass is 9.92. The number of rotatable bonds is 7. The fourth-order valence-corrected chi connectivity index (χ4v) is 3.08. The molecule has 0 bridgehead atoms. The molecule has 0 fully saturated rings. The van der Waals surface area contributed by atoms with E-state index in [1.54, 1.807) is 18.6 Å². The van der Waals surface area contributed by atoms with E-state index in [0.29, 0.717) is 30.1 Å². The molecule has 1 unspecified atom stereocenters. The third-order valence-corrected chi connectivity index (χ3v) is 4.74. The Hall–Kier alpha value is -2.86. The zero-order chi connectivity index (χ0) is 19.2. The molecule has 0 saturated heterocycles. The second-order valence-corrected chi connectivity index (χ2v) is 6.73. The average Bonchev–Trinajstić information content (AvgIpc) is 2.69. The van der Waals surface area contributed by atoms with Gasteiger partial charge in [0.05, 0.1) is 16.6 Å². The third kappa shape index (κ3) is 4.86. The zero-order valence-electron chi connectivity index (χ0n) is 15.0. The third-order valence-electron chi connectivity index (χ3n) is 4.42. The Balaban J connectivity index is 1.77. The van der Waals surface area contributed by atoms with Gasteiger partial charge < -0.3 is 5.73 Å². The van der Waals surface area contributed by atoms with Gasteiger partial charge >= 0.3 is 0 Å². The molecule has 0 aliphatic carbocycles. The van der Waals surface area contributed by atoms with Gasteiger partial charge in [0.1, 0.15) is 12.2 Å². The number of benzene rings is 1. The van der Waals surface area contributed by atoms with Crippen molar-refractivity contribution in [2.24, 2.45) is 5.73 Å². The van der Waals surface area contributed by atoms with E-state index in [0.717, 1.165) is 22.4 Å². The topological polar surface area (TPSA) is 94.7 Å². The maximum absolute atomic E-state index is 11.6. The molecule has 27 heavy (non-hydrogen) atoms. The highest BCUT2D eigenvalue weighted by Crippen LogP contribution is 2.22. The van der Waals surface area contributed by atoms with E-state index in [4.69, 9.17) is 17.3 Å². The van der Waals surface area contributed by atoms with E-state index in [1.165, 1.54) is 6.33 Å². The number of aromatic nitrogens is 4. The van der Waals surface area contributed by atoms with Crippen molar-refractivity contribution in [2.75, 3.05) is 0 Å². The first-order valence-corrected chi connectivity index (χ1v) is 9.03. The Morgan fingerprint density at radius 2 is 1.89 bits per heavy atom. The summed E-state index contributed by atoms with van der Waals surface area (Å²) < 4.78 is 0. The lowest BCUT2D eigenvalue weighted by Crippen LogP contribution is -2.20. The Labute approximate surface area is 162 Å². The van der Waals surface area contributed by atoms with Gasteiger partial charge in [0.2, 0.25) is 5.91 Å². The molecule has 0 aliphatic rings. The normalized spacial score (nSPS) is 11.9. The summed E-state index contributed by atoms with van der Waals surface area (Å²) in [5.41, 5.74) is 9.19. The average molecular weight is 382 g/mol. The number of carbonyl (C=O) groups is 1. The monoisotopic (exact) mass is 381 g/mol. The van der Waals surface area contributed by atoms with E-state index in [2.05, 4.69) is 19.9 Å². The highest BCUT2D eigenvalue weighted by molar-refractivity contribution is 6.31. The summed E-state index contributed by atoms with van der Waals surface area (Å²) in [5.74, 6) is -0.00594. The van der Waals surface area contributed by atoms with Crippen LogP contribution >= 0.6 is 11.6 Å². The Bertz CT molecular complexity index is 933. The summed E-state index contributed by atoms with van der Waals surface area (Å²) in [5, 5.41) is 0.531. The molecular formula is C20H20ClN5O. The summed E-state index contributed by atoms with van der Waals surface area (Å²) in [4.78, 5) is 28.5. The predicted molar refractivity (Wildman–Crippen MR) is 103 cm³/mol. The van der Waals surface area contributed by atoms with Crippen molar-refractivity contribution in [1.29, 1.82) is 0 Å². The van der Waals surface area contributed by atoms with E-state index in [1.807, 2.05) is 31.2 Å². The lowest BCUT2D eigenvalue weighted by Gasteiger charge is -2.14. The molecule has 138 valence electrons. The van der Waals surface area contributed by atoms with Crippen LogP contribution in [0.1, 0.15) is 41.1 Å². The molecule has 6 nitrogen and oxygen atoms in total. The summed E-state index contributed by atoms with van der Waals surface area (Å²) in [6.07, 6.45) is 8.49. The molecule has 2 heterocycles. The minimum atomic E-state index is -0.338. The van der Waals surface area contributed by atoms with E-state index in [9.17, 15) is 4.79 Å². The van der Waals surface area contributed by atoms with Crippen LogP contribution in [0.2, 0.25) is 5.02 Å². The first kappa shape index (κ1) is 18.9. The number of hydrogen-bond donors (Lipinski definition) is 1. The molecule has 3 rings (SSSR count). The van der Waals surface area contributed by atoms with Crippen LogP contribution in [0.15, 0.2) is 49.2 Å². The molecular weight excluding hydrogens is 362 g/mol. The standard InChI is InChI=1S/C20H20ClN5O/c1-13(20(22)27)16-5-3-2-4-15(16)6-7-18-17(21)11-25-19(26-18)8-14-9-23-12-24-10-14/h2-5,9-13H,6-8H2,1H3,(H2,22,27). The van der Waals surface area contributed by atoms with Crippen LogP contribution in [-0.2, 0) is 24.1 Å². The number of hydrogen-bond acceptors (Lipinski definition) is 5. The molecule has 0 aliphatic heterocycles. The van der Waals surface area contributed by atoms with Crippen molar-refractivity contribution in [3.05, 3.63) is 82.4 Å². The molecule has 0 radical (unpaired) electrons. The number of nitrogens with two attached hydrogens (primary N) is 1. The van der Waals surface area contributed by atoms with Crippen molar-refractivity contribution < 1.29 is 4.79 Å². The summed E-state index contributed by atoms with van der Waals surface area (Å²) in [6, 6.07) is 7.81. The predicted octanol–water partition coefficient (Wildman–Crippen LogP) is 2.88. The lowest BCUT2D eigenvalue weighted by molar-refractivity contribution is -0.119. The summed E-state index contributed by atoms with van der Waals surface area (Å²) in [6.45, 7) is 1.82. The van der Waals surface area contributed by atoms with Crippen molar-refractivity contribution >= 4 is 17.5 Å². The van der Waals surface area contributed by atoms with Gasteiger partial charge in [0.15, 0.2) is 0 Å². The van der Waals surface area contributed by atoms with Crippen molar-refractivity contribution in [2.45, 2.75) is 32.1 Å². The molecule has 1 amide bonds. The quantitative estimate of drug-likeness (QED) is 0.679. The van der Waals surface area contributed by atoms with Crippen molar-refractivity contribution in [3.8, 4) is 0 Å². The van der Waals surface area contributed by atoms with Crippen LogP contribution < -0.4 is 5.73 Å². The number of primary amides is 1. The molecule has 7 heteroatoms. The van der Waals surface area contributed by atoms with Crippen LogP contribution in [0.3, 0.4) is 0 Å². The van der Waals surface area contributed by atoms with Crippen LogP contribution in [0, 0.1) is 0 Å². The molecule has 2 N–H and O–H groups in total. The van der Waals surface area contributed by atoms with Gasteiger partial charge in [-0.15, -0.1) is 0 Å². The number of carbonyl (C=O) groups excluding carboxylic acids is 1. The second kappa shape index (κ2) is 8.68. The van der Waals surface area contributed by atoms with Crippen molar-refractivity contribution in [3.63, 3.8) is 0 Å². The maximum atomic E-state index is 11.6. The number of halogens is 1. The van der Waals surface area contributed by atoms with E-state index in [-0.39, 0.29) is 11.8 Å². The van der Waals surface area contributed by atoms with Crippen LogP contribution in [0.25, 0.3) is 0 Å². The summed E-state index contributed by atoms with van der Waals surface area (Å²) >= 11 is 6.29. The van der Waals surface area contributed by atoms with Crippen molar-refractivity contribution in [1.82, 2.24) is 19.9 Å². The van der Waals surface area contributed by atoms with Crippen LogP contribution in [-0.4, -0.2) is 25.8 Å². The summed E-state index contributed by atoms with van der Waals surface area (Å²) in [7, 11) is 0. The van der Waals surface area contributed by atoms with Gasteiger partial charge in [-0.2, -0.15) is 0 Å². The van der Waals surface area contributed by atoms with Gasteiger partial charge in [0, 0.05) is 25.0 Å². The van der Waals surface area contributed by atoms with Gasteiger partial charge in [-0.25, -0.2) is 19.9 Å². The first-order valence-electron chi connectivity index (χ1n) is 8.66. The molecule has 0 saturated carbocycles. The second-order valence-electron chi connectivity index (χ2n) is 6.33. The van der Waals surface area contributed by atoms with E-state index >= 15 is 0 Å². The SMILES string of the molecule is CC(C(N)=O)c1ccccc1CCc1nc(Cc2cncnc2)ncc1Cl. The largest absolute Gasteiger partial charge is 0.369 e. The highest BCUT2D eigenvalue weighted by atomic mass is 35.5. The first-order chi connectivity index (χ1) is 13.0. The zero-order valence-corrected chi connectivity index (χ0v) is 15.7. The van der Waals surface area contributed by atoms with Crippen LogP contribution in [0.5, 0.6) is 0 Å². The Kier molecular flexibility index (Phi) is 6.08. The van der Waals surface area contributed by atoms with Gasteiger partial charge in [-0.1, -0.05) is 35.9 Å². The minimum Gasteiger partial charge on any atom is -0.369 e. The van der Waals surface area contributed by atoms with Crippen LogP contribution in [0.4, 0.5) is 0 Å². The Morgan fingerprint density at radius 1 is 1.15 bits per heavy atom. The molecule has 3 aromatic rings. The fourth-order valence-electron chi connectivity index (χ4n) is 2.90. The molecule has 1 atom stereocenters. The number of nitrogens with zero attached hydrogens (tertiary/aromatic N) is 4. The minimum absolute atomic E-state index is 0.337. The highest BCUT2D eigenvalue weighted by Gasteiger charge is 2.16.